The SMILES string of the molecule is COC(=O)c1cccc([C@]2(C)CCNCC2C)c1. The Morgan fingerprint density at radius 3 is 2.94 bits per heavy atom. The summed E-state index contributed by atoms with van der Waals surface area (Å²) >= 11 is 0. The molecule has 0 aromatic heterocycles. The minimum absolute atomic E-state index is 0.134. The molecule has 3 nitrogen and oxygen atoms in total. The van der Waals surface area contributed by atoms with Crippen molar-refractivity contribution in [2.24, 2.45) is 5.92 Å². The van der Waals surface area contributed by atoms with Crippen LogP contribution < -0.4 is 5.32 Å². The first-order chi connectivity index (χ1) is 8.58. The van der Waals surface area contributed by atoms with E-state index in [0.717, 1.165) is 19.5 Å². The quantitative estimate of drug-likeness (QED) is 0.815. The molecule has 1 saturated heterocycles. The molecule has 1 aromatic rings. The number of piperidine rings is 1. The zero-order valence-corrected chi connectivity index (χ0v) is 11.3. The molecule has 98 valence electrons. The second-order valence-electron chi connectivity index (χ2n) is 5.35. The van der Waals surface area contributed by atoms with Crippen molar-refractivity contribution in [3.8, 4) is 0 Å². The lowest BCUT2D eigenvalue weighted by Gasteiger charge is -2.40. The first-order valence-corrected chi connectivity index (χ1v) is 6.47. The molecule has 2 atom stereocenters. The van der Waals surface area contributed by atoms with Crippen molar-refractivity contribution in [2.45, 2.75) is 25.7 Å². The van der Waals surface area contributed by atoms with E-state index in [2.05, 4.69) is 25.2 Å². The van der Waals surface area contributed by atoms with Gasteiger partial charge in [-0.1, -0.05) is 26.0 Å². The molecule has 0 amide bonds. The zero-order valence-electron chi connectivity index (χ0n) is 11.3. The van der Waals surface area contributed by atoms with Crippen molar-refractivity contribution < 1.29 is 9.53 Å². The second-order valence-corrected chi connectivity index (χ2v) is 5.35. The van der Waals surface area contributed by atoms with E-state index >= 15 is 0 Å². The summed E-state index contributed by atoms with van der Waals surface area (Å²) in [7, 11) is 1.42. The number of ether oxygens (including phenoxy) is 1. The van der Waals surface area contributed by atoms with Crippen LogP contribution in [-0.4, -0.2) is 26.2 Å². The highest BCUT2D eigenvalue weighted by molar-refractivity contribution is 5.89. The van der Waals surface area contributed by atoms with Crippen molar-refractivity contribution >= 4 is 5.97 Å². The lowest BCUT2D eigenvalue weighted by atomic mass is 9.68. The molecule has 3 heteroatoms. The van der Waals surface area contributed by atoms with Gasteiger partial charge >= 0.3 is 5.97 Å². The summed E-state index contributed by atoms with van der Waals surface area (Å²) in [5, 5.41) is 3.42. The van der Waals surface area contributed by atoms with Crippen LogP contribution in [0.5, 0.6) is 0 Å². The van der Waals surface area contributed by atoms with Crippen LogP contribution in [0.3, 0.4) is 0 Å². The Hall–Kier alpha value is -1.35. The Kier molecular flexibility index (Phi) is 3.71. The lowest BCUT2D eigenvalue weighted by Crippen LogP contribution is -2.45. The summed E-state index contributed by atoms with van der Waals surface area (Å²) in [6.07, 6.45) is 1.10. The van der Waals surface area contributed by atoms with Crippen LogP contribution in [0, 0.1) is 5.92 Å². The van der Waals surface area contributed by atoms with Crippen LogP contribution in [0.15, 0.2) is 24.3 Å². The fraction of sp³-hybridized carbons (Fsp3) is 0.533. The monoisotopic (exact) mass is 247 g/mol. The van der Waals surface area contributed by atoms with E-state index in [1.807, 2.05) is 18.2 Å². The van der Waals surface area contributed by atoms with Gasteiger partial charge in [-0.3, -0.25) is 0 Å². The minimum Gasteiger partial charge on any atom is -0.465 e. The minimum atomic E-state index is -0.262. The van der Waals surface area contributed by atoms with Crippen LogP contribution in [0.1, 0.15) is 36.2 Å². The van der Waals surface area contributed by atoms with Gasteiger partial charge in [0, 0.05) is 0 Å². The van der Waals surface area contributed by atoms with Gasteiger partial charge in [-0.25, -0.2) is 4.79 Å². The number of carbonyl (C=O) groups excluding carboxylic acids is 1. The molecule has 1 aromatic carbocycles. The predicted octanol–water partition coefficient (Wildman–Crippen LogP) is 2.36. The van der Waals surface area contributed by atoms with Gasteiger partial charge in [0.15, 0.2) is 0 Å². The topological polar surface area (TPSA) is 38.3 Å². The van der Waals surface area contributed by atoms with E-state index in [1.54, 1.807) is 0 Å². The molecule has 1 unspecified atom stereocenters. The first kappa shape index (κ1) is 13.1. The number of hydrogen-bond acceptors (Lipinski definition) is 3. The van der Waals surface area contributed by atoms with Crippen LogP contribution in [0.2, 0.25) is 0 Å². The number of rotatable bonds is 2. The van der Waals surface area contributed by atoms with Crippen LogP contribution in [-0.2, 0) is 10.2 Å². The Balaban J connectivity index is 2.35. The van der Waals surface area contributed by atoms with E-state index in [-0.39, 0.29) is 11.4 Å². The second kappa shape index (κ2) is 5.11. The highest BCUT2D eigenvalue weighted by atomic mass is 16.5. The molecule has 18 heavy (non-hydrogen) atoms. The highest BCUT2D eigenvalue weighted by Gasteiger charge is 2.35. The smallest absolute Gasteiger partial charge is 0.337 e. The van der Waals surface area contributed by atoms with Gasteiger partial charge in [0.1, 0.15) is 0 Å². The Morgan fingerprint density at radius 2 is 2.28 bits per heavy atom. The third-order valence-corrected chi connectivity index (χ3v) is 4.30. The number of methoxy groups -OCH3 is 1. The first-order valence-electron chi connectivity index (χ1n) is 6.47. The van der Waals surface area contributed by atoms with Gasteiger partial charge in [-0.15, -0.1) is 0 Å². The largest absolute Gasteiger partial charge is 0.465 e. The third-order valence-electron chi connectivity index (χ3n) is 4.30. The zero-order chi connectivity index (χ0) is 13.2. The molecule has 2 rings (SSSR count). The molecule has 1 N–H and O–H groups in total. The Bertz CT molecular complexity index is 444. The molecule has 1 aliphatic rings. The normalized spacial score (nSPS) is 27.8. The van der Waals surface area contributed by atoms with E-state index < -0.39 is 0 Å². The number of nitrogens with one attached hydrogen (secondary N) is 1. The molecular formula is C15H21NO2. The van der Waals surface area contributed by atoms with Gasteiger partial charge in [0.25, 0.3) is 0 Å². The Labute approximate surface area is 109 Å². The van der Waals surface area contributed by atoms with Crippen molar-refractivity contribution in [1.29, 1.82) is 0 Å². The molecule has 0 aliphatic carbocycles. The van der Waals surface area contributed by atoms with Gasteiger partial charge in [-0.2, -0.15) is 0 Å². The number of carbonyl (C=O) groups is 1. The molecule has 1 fully saturated rings. The van der Waals surface area contributed by atoms with E-state index in [1.165, 1.54) is 12.7 Å². The maximum atomic E-state index is 11.6. The lowest BCUT2D eigenvalue weighted by molar-refractivity contribution is 0.0600. The summed E-state index contributed by atoms with van der Waals surface area (Å²) in [6, 6.07) is 7.86. The van der Waals surface area contributed by atoms with Crippen molar-refractivity contribution in [1.82, 2.24) is 5.32 Å². The Morgan fingerprint density at radius 1 is 1.50 bits per heavy atom. The summed E-state index contributed by atoms with van der Waals surface area (Å²) in [4.78, 5) is 11.6. The summed E-state index contributed by atoms with van der Waals surface area (Å²) < 4.78 is 4.79. The molecule has 0 spiro atoms. The van der Waals surface area contributed by atoms with Crippen molar-refractivity contribution in [3.05, 3.63) is 35.4 Å². The van der Waals surface area contributed by atoms with Gasteiger partial charge in [0.05, 0.1) is 12.7 Å². The number of benzene rings is 1. The highest BCUT2D eigenvalue weighted by Crippen LogP contribution is 2.37. The molecule has 0 bridgehead atoms. The maximum Gasteiger partial charge on any atom is 0.337 e. The summed E-state index contributed by atoms with van der Waals surface area (Å²) in [6.45, 7) is 6.61. The molecule has 0 radical (unpaired) electrons. The van der Waals surface area contributed by atoms with Crippen LogP contribution >= 0.6 is 0 Å². The van der Waals surface area contributed by atoms with Crippen LogP contribution in [0.4, 0.5) is 0 Å². The molecule has 0 saturated carbocycles. The molecule has 1 heterocycles. The molecule has 1 aliphatic heterocycles. The molecular weight excluding hydrogens is 226 g/mol. The third kappa shape index (κ3) is 2.27. The number of esters is 1. The van der Waals surface area contributed by atoms with Gasteiger partial charge in [-0.05, 0) is 48.5 Å². The van der Waals surface area contributed by atoms with Gasteiger partial charge < -0.3 is 10.1 Å². The average Bonchev–Trinajstić information content (AvgIpc) is 2.41. The number of hydrogen-bond donors (Lipinski definition) is 1. The van der Waals surface area contributed by atoms with E-state index in [0.29, 0.717) is 11.5 Å². The van der Waals surface area contributed by atoms with E-state index in [4.69, 9.17) is 4.74 Å². The fourth-order valence-corrected chi connectivity index (χ4v) is 2.69. The fourth-order valence-electron chi connectivity index (χ4n) is 2.69. The average molecular weight is 247 g/mol. The predicted molar refractivity (Wildman–Crippen MR) is 71.8 cm³/mol. The van der Waals surface area contributed by atoms with Crippen LogP contribution in [0.25, 0.3) is 0 Å². The standard InChI is InChI=1S/C15H21NO2/c1-11-10-16-8-7-15(11,2)13-6-4-5-12(9-13)14(17)18-3/h4-6,9,11,16H,7-8,10H2,1-3H3/t11?,15-/m1/s1. The summed E-state index contributed by atoms with van der Waals surface area (Å²) in [5.74, 6) is 0.293. The summed E-state index contributed by atoms with van der Waals surface area (Å²) in [5.41, 5.74) is 2.01. The van der Waals surface area contributed by atoms with Gasteiger partial charge in [0.2, 0.25) is 0 Å². The maximum absolute atomic E-state index is 11.6. The van der Waals surface area contributed by atoms with Crippen molar-refractivity contribution in [3.63, 3.8) is 0 Å². The van der Waals surface area contributed by atoms with E-state index in [9.17, 15) is 4.79 Å². The van der Waals surface area contributed by atoms with Crippen molar-refractivity contribution in [2.75, 3.05) is 20.2 Å².